The summed E-state index contributed by atoms with van der Waals surface area (Å²) in [5.41, 5.74) is 4.36. The van der Waals surface area contributed by atoms with Crippen LogP contribution in [0.3, 0.4) is 0 Å². The molecule has 3 N–H and O–H groups in total. The molecule has 0 saturated carbocycles. The number of rotatable bonds is 7. The summed E-state index contributed by atoms with van der Waals surface area (Å²) >= 11 is 0. The maximum Gasteiger partial charge on any atom is 0.253 e. The zero-order chi connectivity index (χ0) is 22.3. The third-order valence-corrected chi connectivity index (χ3v) is 5.29. The Morgan fingerprint density at radius 1 is 1.06 bits per heavy atom. The Bertz CT molecular complexity index is 1030. The van der Waals surface area contributed by atoms with Crippen LogP contribution < -0.4 is 15.5 Å². The van der Waals surface area contributed by atoms with Crippen molar-refractivity contribution in [3.63, 3.8) is 0 Å². The van der Waals surface area contributed by atoms with Crippen LogP contribution in [0.15, 0.2) is 60.8 Å². The summed E-state index contributed by atoms with van der Waals surface area (Å²) in [4.78, 5) is 23.1. The first kappa shape index (κ1) is 21.7. The van der Waals surface area contributed by atoms with Crippen molar-refractivity contribution in [2.75, 3.05) is 41.8 Å². The van der Waals surface area contributed by atoms with Gasteiger partial charge in [0.15, 0.2) is 0 Å². The summed E-state index contributed by atoms with van der Waals surface area (Å²) in [6, 6.07) is 17.4. The fourth-order valence-electron chi connectivity index (χ4n) is 3.42. The lowest BCUT2D eigenvalue weighted by Crippen LogP contribution is -2.36. The lowest BCUT2D eigenvalue weighted by atomic mass is 10.1. The van der Waals surface area contributed by atoms with Crippen LogP contribution in [-0.4, -0.2) is 53.4 Å². The third-order valence-electron chi connectivity index (χ3n) is 5.29. The molecule has 0 aliphatic carbocycles. The zero-order valence-corrected chi connectivity index (χ0v) is 18.0. The number of aromatic nitrogens is 2. The number of amides is 1. The molecule has 3 aromatic rings. The SMILES string of the molecule is CC[C@@H](O)C(=O)Nc1ccc(-c2ccnc(Nc3ccc(N4CCOCC4)cc3)n2)cc1. The molecule has 1 fully saturated rings. The summed E-state index contributed by atoms with van der Waals surface area (Å²) in [5.74, 6) is 0.0958. The summed E-state index contributed by atoms with van der Waals surface area (Å²) in [6.07, 6.45) is 1.07. The molecule has 1 aliphatic rings. The van der Waals surface area contributed by atoms with E-state index in [1.54, 1.807) is 25.3 Å². The number of ether oxygens (including phenoxy) is 1. The Labute approximate surface area is 187 Å². The second-order valence-corrected chi connectivity index (χ2v) is 7.53. The van der Waals surface area contributed by atoms with E-state index < -0.39 is 12.0 Å². The van der Waals surface area contributed by atoms with Gasteiger partial charge in [0.25, 0.3) is 5.91 Å². The number of carbonyl (C=O) groups is 1. The van der Waals surface area contributed by atoms with Crippen LogP contribution in [0.25, 0.3) is 11.3 Å². The first-order valence-electron chi connectivity index (χ1n) is 10.7. The maximum absolute atomic E-state index is 11.8. The number of morpholine rings is 1. The molecular weight excluding hydrogens is 406 g/mol. The Balaban J connectivity index is 1.41. The van der Waals surface area contributed by atoms with Crippen molar-refractivity contribution in [1.82, 2.24) is 9.97 Å². The molecule has 1 aromatic heterocycles. The quantitative estimate of drug-likeness (QED) is 0.525. The Hall–Kier alpha value is -3.49. The predicted molar refractivity (Wildman–Crippen MR) is 125 cm³/mol. The van der Waals surface area contributed by atoms with Gasteiger partial charge in [0.2, 0.25) is 5.95 Å². The number of aliphatic hydroxyl groups excluding tert-OH is 1. The van der Waals surface area contributed by atoms with E-state index in [0.29, 0.717) is 18.1 Å². The Morgan fingerprint density at radius 3 is 2.44 bits per heavy atom. The molecule has 8 nitrogen and oxygen atoms in total. The van der Waals surface area contributed by atoms with E-state index in [1.165, 1.54) is 5.69 Å². The van der Waals surface area contributed by atoms with Crippen molar-refractivity contribution >= 4 is 28.9 Å². The number of benzene rings is 2. The van der Waals surface area contributed by atoms with Gasteiger partial charge in [-0.15, -0.1) is 0 Å². The number of nitrogens with one attached hydrogen (secondary N) is 2. The van der Waals surface area contributed by atoms with Crippen molar-refractivity contribution in [2.45, 2.75) is 19.4 Å². The van der Waals surface area contributed by atoms with Gasteiger partial charge in [-0.3, -0.25) is 4.79 Å². The van der Waals surface area contributed by atoms with Gasteiger partial charge in [0.1, 0.15) is 6.10 Å². The molecule has 1 atom stereocenters. The largest absolute Gasteiger partial charge is 0.383 e. The molecule has 8 heteroatoms. The predicted octanol–water partition coefficient (Wildman–Crippen LogP) is 3.43. The molecule has 0 spiro atoms. The van der Waals surface area contributed by atoms with Crippen LogP contribution in [0.4, 0.5) is 23.0 Å². The number of anilines is 4. The first-order valence-corrected chi connectivity index (χ1v) is 10.7. The molecule has 0 radical (unpaired) electrons. The summed E-state index contributed by atoms with van der Waals surface area (Å²) in [5, 5.41) is 15.6. The minimum atomic E-state index is -1.01. The highest BCUT2D eigenvalue weighted by Crippen LogP contribution is 2.23. The standard InChI is InChI=1S/C24H27N5O3/c1-2-22(30)23(31)26-18-5-3-17(4-6-18)21-11-12-25-24(28-21)27-19-7-9-20(10-8-19)29-13-15-32-16-14-29/h3-12,22,30H,2,13-16H2,1H3,(H,26,31)(H,25,27,28)/t22-/m1/s1. The fourth-order valence-corrected chi connectivity index (χ4v) is 3.42. The number of hydrogen-bond donors (Lipinski definition) is 3. The van der Waals surface area contributed by atoms with Crippen molar-refractivity contribution in [1.29, 1.82) is 0 Å². The normalized spacial score (nSPS) is 14.6. The maximum atomic E-state index is 11.8. The van der Waals surface area contributed by atoms with Gasteiger partial charge in [-0.25, -0.2) is 9.97 Å². The molecule has 32 heavy (non-hydrogen) atoms. The van der Waals surface area contributed by atoms with Crippen LogP contribution in [0.2, 0.25) is 0 Å². The molecule has 1 aliphatic heterocycles. The average molecular weight is 434 g/mol. The molecule has 1 saturated heterocycles. The van der Waals surface area contributed by atoms with Gasteiger partial charge in [-0.2, -0.15) is 0 Å². The van der Waals surface area contributed by atoms with Gasteiger partial charge in [-0.1, -0.05) is 19.1 Å². The minimum Gasteiger partial charge on any atom is -0.383 e. The van der Waals surface area contributed by atoms with E-state index in [-0.39, 0.29) is 0 Å². The summed E-state index contributed by atoms with van der Waals surface area (Å²) in [7, 11) is 0. The van der Waals surface area contributed by atoms with E-state index in [0.717, 1.165) is 43.2 Å². The van der Waals surface area contributed by atoms with Crippen LogP contribution in [-0.2, 0) is 9.53 Å². The van der Waals surface area contributed by atoms with E-state index in [4.69, 9.17) is 4.74 Å². The van der Waals surface area contributed by atoms with Crippen LogP contribution in [0, 0.1) is 0 Å². The van der Waals surface area contributed by atoms with Gasteiger partial charge >= 0.3 is 0 Å². The van der Waals surface area contributed by atoms with Crippen molar-refractivity contribution in [2.24, 2.45) is 0 Å². The van der Waals surface area contributed by atoms with Crippen LogP contribution in [0.5, 0.6) is 0 Å². The van der Waals surface area contributed by atoms with E-state index in [9.17, 15) is 9.90 Å². The molecular formula is C24H27N5O3. The molecule has 0 unspecified atom stereocenters. The highest BCUT2D eigenvalue weighted by atomic mass is 16.5. The fraction of sp³-hybridized carbons (Fsp3) is 0.292. The Morgan fingerprint density at radius 2 is 1.75 bits per heavy atom. The second-order valence-electron chi connectivity index (χ2n) is 7.53. The van der Waals surface area contributed by atoms with Crippen molar-refractivity contribution in [3.05, 3.63) is 60.8 Å². The number of nitrogens with zero attached hydrogens (tertiary/aromatic N) is 3. The van der Waals surface area contributed by atoms with E-state index in [1.807, 2.05) is 30.3 Å². The monoisotopic (exact) mass is 433 g/mol. The van der Waals surface area contributed by atoms with Crippen LogP contribution >= 0.6 is 0 Å². The lowest BCUT2D eigenvalue weighted by molar-refractivity contribution is -0.124. The summed E-state index contributed by atoms with van der Waals surface area (Å²) in [6.45, 7) is 5.08. The second kappa shape index (κ2) is 10.2. The number of carbonyl (C=O) groups excluding carboxylic acids is 1. The van der Waals surface area contributed by atoms with Gasteiger partial charge in [0.05, 0.1) is 18.9 Å². The Kier molecular flexibility index (Phi) is 6.94. The van der Waals surface area contributed by atoms with E-state index >= 15 is 0 Å². The molecule has 0 bridgehead atoms. The highest BCUT2D eigenvalue weighted by Gasteiger charge is 2.13. The number of hydrogen-bond acceptors (Lipinski definition) is 7. The van der Waals surface area contributed by atoms with Crippen molar-refractivity contribution in [3.8, 4) is 11.3 Å². The van der Waals surface area contributed by atoms with Gasteiger partial charge < -0.3 is 25.4 Å². The topological polar surface area (TPSA) is 99.6 Å². The van der Waals surface area contributed by atoms with E-state index in [2.05, 4.69) is 37.6 Å². The molecule has 2 heterocycles. The first-order chi connectivity index (χ1) is 15.6. The molecule has 166 valence electrons. The smallest absolute Gasteiger partial charge is 0.253 e. The molecule has 2 aromatic carbocycles. The molecule has 4 rings (SSSR count). The van der Waals surface area contributed by atoms with Crippen molar-refractivity contribution < 1.29 is 14.6 Å². The van der Waals surface area contributed by atoms with Crippen LogP contribution in [0.1, 0.15) is 13.3 Å². The zero-order valence-electron chi connectivity index (χ0n) is 18.0. The lowest BCUT2D eigenvalue weighted by Gasteiger charge is -2.28. The average Bonchev–Trinajstić information content (AvgIpc) is 2.85. The van der Waals surface area contributed by atoms with Gasteiger partial charge in [0, 0.05) is 41.9 Å². The third kappa shape index (κ3) is 5.40. The van der Waals surface area contributed by atoms with Gasteiger partial charge in [-0.05, 0) is 48.9 Å². The minimum absolute atomic E-state index is 0.372. The summed E-state index contributed by atoms with van der Waals surface area (Å²) < 4.78 is 5.41. The molecule has 1 amide bonds. The highest BCUT2D eigenvalue weighted by molar-refractivity contribution is 5.94. The number of aliphatic hydroxyl groups is 1.